The first kappa shape index (κ1) is 19.5. The Morgan fingerprint density at radius 3 is 2.40 bits per heavy atom. The fourth-order valence-electron chi connectivity index (χ4n) is 1.90. The predicted molar refractivity (Wildman–Crippen MR) is 90.1 cm³/mol. The lowest BCUT2D eigenvalue weighted by Gasteiger charge is -2.16. The maximum atomic E-state index is 13.6. The number of benzene rings is 2. The second-order valence-electron chi connectivity index (χ2n) is 5.11. The molecule has 2 aromatic carbocycles. The summed E-state index contributed by atoms with van der Waals surface area (Å²) in [6.45, 7) is -0.875. The van der Waals surface area contributed by atoms with Crippen LogP contribution in [0.25, 0.3) is 0 Å². The molecular formula is C16H14BrF2NO4S. The molecule has 0 aliphatic rings. The topological polar surface area (TPSA) is 63.7 Å². The number of carbonyl (C=O) groups is 1. The maximum absolute atomic E-state index is 13.6. The zero-order chi connectivity index (χ0) is 18.6. The average molecular weight is 434 g/mol. The van der Waals surface area contributed by atoms with E-state index < -0.39 is 34.2 Å². The van der Waals surface area contributed by atoms with Crippen molar-refractivity contribution >= 4 is 31.9 Å². The summed E-state index contributed by atoms with van der Waals surface area (Å²) in [6, 6.07) is 8.50. The summed E-state index contributed by atoms with van der Waals surface area (Å²) >= 11 is 3.11. The van der Waals surface area contributed by atoms with Crippen LogP contribution < -0.4 is 0 Å². The maximum Gasteiger partial charge on any atom is 0.321 e. The third-order valence-electron chi connectivity index (χ3n) is 3.28. The number of esters is 1. The van der Waals surface area contributed by atoms with Gasteiger partial charge in [-0.25, -0.2) is 17.2 Å². The fourth-order valence-corrected chi connectivity index (χ4v) is 3.34. The fraction of sp³-hybridized carbons (Fsp3) is 0.188. The van der Waals surface area contributed by atoms with E-state index in [1.807, 2.05) is 0 Å². The highest BCUT2D eigenvalue weighted by atomic mass is 79.9. The third kappa shape index (κ3) is 5.07. The van der Waals surface area contributed by atoms with Crippen molar-refractivity contribution in [1.29, 1.82) is 0 Å². The van der Waals surface area contributed by atoms with Crippen LogP contribution in [0.3, 0.4) is 0 Å². The SMILES string of the molecule is CN(CC(=O)OCc1ccc(Br)cc1F)S(=O)(=O)c1ccc(F)cc1. The number of likely N-dealkylation sites (N-methyl/N-ethyl adjacent to an activating group) is 1. The Hall–Kier alpha value is -1.84. The smallest absolute Gasteiger partial charge is 0.321 e. The van der Waals surface area contributed by atoms with E-state index in [4.69, 9.17) is 4.74 Å². The van der Waals surface area contributed by atoms with Crippen LogP contribution in [-0.2, 0) is 26.2 Å². The molecule has 25 heavy (non-hydrogen) atoms. The van der Waals surface area contributed by atoms with Gasteiger partial charge < -0.3 is 4.74 Å². The molecule has 2 rings (SSSR count). The Kier molecular flexibility index (Phi) is 6.26. The first-order chi connectivity index (χ1) is 11.7. The molecule has 0 heterocycles. The number of halogens is 3. The van der Waals surface area contributed by atoms with Gasteiger partial charge in [0.1, 0.15) is 24.8 Å². The monoisotopic (exact) mass is 433 g/mol. The summed E-state index contributed by atoms with van der Waals surface area (Å²) in [5.74, 6) is -1.96. The summed E-state index contributed by atoms with van der Waals surface area (Å²) in [5, 5.41) is 0. The van der Waals surface area contributed by atoms with Crippen LogP contribution in [0.5, 0.6) is 0 Å². The van der Waals surface area contributed by atoms with Crippen molar-refractivity contribution in [3.63, 3.8) is 0 Å². The third-order valence-corrected chi connectivity index (χ3v) is 5.59. The van der Waals surface area contributed by atoms with E-state index in [1.165, 1.54) is 19.2 Å². The summed E-state index contributed by atoms with van der Waals surface area (Å²) in [5.41, 5.74) is 0.167. The van der Waals surface area contributed by atoms with E-state index in [2.05, 4.69) is 15.9 Å². The van der Waals surface area contributed by atoms with Gasteiger partial charge in [-0.15, -0.1) is 0 Å². The zero-order valence-corrected chi connectivity index (χ0v) is 15.5. The number of hydrogen-bond acceptors (Lipinski definition) is 4. The lowest BCUT2D eigenvalue weighted by molar-refractivity contribution is -0.145. The molecule has 0 aliphatic carbocycles. The van der Waals surface area contributed by atoms with Crippen LogP contribution in [0.2, 0.25) is 0 Å². The number of ether oxygens (including phenoxy) is 1. The van der Waals surface area contributed by atoms with Gasteiger partial charge in [0.15, 0.2) is 0 Å². The summed E-state index contributed by atoms with van der Waals surface area (Å²) < 4.78 is 57.3. The minimum absolute atomic E-state index is 0.150. The molecule has 2 aromatic rings. The van der Waals surface area contributed by atoms with Crippen LogP contribution in [-0.4, -0.2) is 32.3 Å². The van der Waals surface area contributed by atoms with Crippen LogP contribution in [0.1, 0.15) is 5.56 Å². The molecule has 134 valence electrons. The molecule has 0 aliphatic heterocycles. The van der Waals surface area contributed by atoms with Crippen LogP contribution in [0.15, 0.2) is 51.8 Å². The molecule has 9 heteroatoms. The van der Waals surface area contributed by atoms with Crippen molar-refractivity contribution in [2.24, 2.45) is 0 Å². The normalized spacial score (nSPS) is 11.6. The van der Waals surface area contributed by atoms with Gasteiger partial charge in [-0.2, -0.15) is 4.31 Å². The molecular weight excluding hydrogens is 420 g/mol. The van der Waals surface area contributed by atoms with E-state index in [0.717, 1.165) is 28.6 Å². The molecule has 0 aromatic heterocycles. The highest BCUT2D eigenvalue weighted by Gasteiger charge is 2.23. The molecule has 0 radical (unpaired) electrons. The molecule has 0 bridgehead atoms. The quantitative estimate of drug-likeness (QED) is 0.656. The van der Waals surface area contributed by atoms with Crippen molar-refractivity contribution in [1.82, 2.24) is 4.31 Å². The molecule has 0 saturated heterocycles. The van der Waals surface area contributed by atoms with E-state index in [0.29, 0.717) is 4.47 Å². The van der Waals surface area contributed by atoms with E-state index in [-0.39, 0.29) is 17.1 Å². The Morgan fingerprint density at radius 1 is 1.16 bits per heavy atom. The Labute approximate surface area is 152 Å². The van der Waals surface area contributed by atoms with Crippen LogP contribution in [0, 0.1) is 11.6 Å². The highest BCUT2D eigenvalue weighted by Crippen LogP contribution is 2.17. The average Bonchev–Trinajstić information content (AvgIpc) is 2.54. The lowest BCUT2D eigenvalue weighted by Crippen LogP contribution is -2.33. The van der Waals surface area contributed by atoms with E-state index in [9.17, 15) is 22.0 Å². The first-order valence-electron chi connectivity index (χ1n) is 7.01. The molecule has 0 spiro atoms. The molecule has 0 atom stereocenters. The number of rotatable bonds is 6. The van der Waals surface area contributed by atoms with Gasteiger partial charge in [-0.3, -0.25) is 4.79 Å². The number of nitrogens with zero attached hydrogens (tertiary/aromatic N) is 1. The molecule has 0 amide bonds. The minimum Gasteiger partial charge on any atom is -0.460 e. The van der Waals surface area contributed by atoms with Gasteiger partial charge in [0.25, 0.3) is 0 Å². The van der Waals surface area contributed by atoms with Gasteiger partial charge in [0.05, 0.1) is 4.90 Å². The Balaban J connectivity index is 1.98. The number of sulfonamides is 1. The molecule has 5 nitrogen and oxygen atoms in total. The molecule has 0 fully saturated rings. The summed E-state index contributed by atoms with van der Waals surface area (Å²) in [4.78, 5) is 11.7. The molecule has 0 saturated carbocycles. The van der Waals surface area contributed by atoms with Crippen LogP contribution in [0.4, 0.5) is 8.78 Å². The van der Waals surface area contributed by atoms with Gasteiger partial charge in [0, 0.05) is 17.1 Å². The van der Waals surface area contributed by atoms with Gasteiger partial charge in [0.2, 0.25) is 10.0 Å². The lowest BCUT2D eigenvalue weighted by atomic mass is 10.2. The largest absolute Gasteiger partial charge is 0.460 e. The van der Waals surface area contributed by atoms with Crippen molar-refractivity contribution in [3.8, 4) is 0 Å². The van der Waals surface area contributed by atoms with E-state index >= 15 is 0 Å². The Bertz CT molecular complexity index is 872. The van der Waals surface area contributed by atoms with Crippen molar-refractivity contribution in [2.75, 3.05) is 13.6 Å². The summed E-state index contributed by atoms with van der Waals surface area (Å²) in [6.07, 6.45) is 0. The first-order valence-corrected chi connectivity index (χ1v) is 9.25. The summed E-state index contributed by atoms with van der Waals surface area (Å²) in [7, 11) is -2.77. The van der Waals surface area contributed by atoms with Crippen molar-refractivity contribution in [2.45, 2.75) is 11.5 Å². The standard InChI is InChI=1S/C16H14BrF2NO4S/c1-20(25(22,23)14-6-4-13(18)5-7-14)9-16(21)24-10-11-2-3-12(17)8-15(11)19/h2-8H,9-10H2,1H3. The second kappa shape index (κ2) is 8.03. The molecule has 0 unspecified atom stereocenters. The predicted octanol–water partition coefficient (Wildman–Crippen LogP) is 3.09. The van der Waals surface area contributed by atoms with Crippen molar-refractivity contribution < 1.29 is 26.7 Å². The van der Waals surface area contributed by atoms with Gasteiger partial charge in [-0.05, 0) is 36.4 Å². The minimum atomic E-state index is -3.96. The van der Waals surface area contributed by atoms with Gasteiger partial charge in [-0.1, -0.05) is 22.0 Å². The Morgan fingerprint density at radius 2 is 1.80 bits per heavy atom. The second-order valence-corrected chi connectivity index (χ2v) is 8.07. The van der Waals surface area contributed by atoms with Crippen LogP contribution >= 0.6 is 15.9 Å². The number of carbonyl (C=O) groups excluding carboxylic acids is 1. The number of hydrogen-bond donors (Lipinski definition) is 0. The molecule has 0 N–H and O–H groups in total. The van der Waals surface area contributed by atoms with E-state index in [1.54, 1.807) is 6.07 Å². The van der Waals surface area contributed by atoms with Gasteiger partial charge >= 0.3 is 5.97 Å². The zero-order valence-electron chi connectivity index (χ0n) is 13.1. The van der Waals surface area contributed by atoms with Crippen molar-refractivity contribution in [3.05, 3.63) is 64.1 Å². The highest BCUT2D eigenvalue weighted by molar-refractivity contribution is 9.10.